The van der Waals surface area contributed by atoms with E-state index in [2.05, 4.69) is 10.1 Å². The van der Waals surface area contributed by atoms with Gasteiger partial charge in [-0.2, -0.15) is 5.10 Å². The molecule has 6 heteroatoms. The molecular weight excluding hydrogens is 324 g/mol. The van der Waals surface area contributed by atoms with Crippen LogP contribution in [0.15, 0.2) is 48.7 Å². The Bertz CT molecular complexity index is 877. The highest BCUT2D eigenvalue weighted by Gasteiger charge is 2.27. The standard InChI is InChI=1S/C18H17ClN4O/c19-16-8-9-17-20-15(12-23(17)21-16)14-7-4-10-22(11-14)18(24)13-5-2-1-3-6-13/h1-3,5-6,8-9,12,14H,4,7,10-11H2. The molecule has 5 nitrogen and oxygen atoms in total. The fourth-order valence-corrected chi connectivity index (χ4v) is 3.38. The van der Waals surface area contributed by atoms with Gasteiger partial charge in [-0.25, -0.2) is 9.50 Å². The number of fused-ring (bicyclic) bond motifs is 1. The fourth-order valence-electron chi connectivity index (χ4n) is 3.24. The first kappa shape index (κ1) is 15.1. The summed E-state index contributed by atoms with van der Waals surface area (Å²) in [7, 11) is 0. The van der Waals surface area contributed by atoms with Crippen molar-refractivity contribution in [2.24, 2.45) is 0 Å². The summed E-state index contributed by atoms with van der Waals surface area (Å²) in [6.07, 6.45) is 3.92. The average molecular weight is 341 g/mol. The lowest BCUT2D eigenvalue weighted by atomic mass is 9.95. The lowest BCUT2D eigenvalue weighted by Gasteiger charge is -2.32. The number of carbonyl (C=O) groups is 1. The molecule has 1 aromatic carbocycles. The molecule has 0 aliphatic carbocycles. The van der Waals surface area contributed by atoms with E-state index in [0.29, 0.717) is 11.7 Å². The Morgan fingerprint density at radius 2 is 2.00 bits per heavy atom. The third kappa shape index (κ3) is 2.87. The molecule has 1 unspecified atom stereocenters. The quantitative estimate of drug-likeness (QED) is 0.718. The molecule has 0 radical (unpaired) electrons. The summed E-state index contributed by atoms with van der Waals surface area (Å²) < 4.78 is 1.70. The Morgan fingerprint density at radius 1 is 1.17 bits per heavy atom. The van der Waals surface area contributed by atoms with Crippen molar-refractivity contribution in [3.05, 3.63) is 65.1 Å². The van der Waals surface area contributed by atoms with Gasteiger partial charge in [-0.1, -0.05) is 29.8 Å². The summed E-state index contributed by atoms with van der Waals surface area (Å²) in [4.78, 5) is 19.2. The van der Waals surface area contributed by atoms with Gasteiger partial charge in [0.05, 0.1) is 11.9 Å². The zero-order chi connectivity index (χ0) is 16.5. The summed E-state index contributed by atoms with van der Waals surface area (Å²) in [5.74, 6) is 0.317. The van der Waals surface area contributed by atoms with Crippen LogP contribution in [0, 0.1) is 0 Å². The van der Waals surface area contributed by atoms with Gasteiger partial charge < -0.3 is 4.90 Å². The number of likely N-dealkylation sites (tertiary alicyclic amines) is 1. The number of carbonyl (C=O) groups excluding carboxylic acids is 1. The number of piperidine rings is 1. The minimum absolute atomic E-state index is 0.0882. The third-order valence-corrected chi connectivity index (χ3v) is 4.66. The van der Waals surface area contributed by atoms with Crippen molar-refractivity contribution >= 4 is 23.2 Å². The van der Waals surface area contributed by atoms with Crippen molar-refractivity contribution in [1.29, 1.82) is 0 Å². The van der Waals surface area contributed by atoms with Crippen LogP contribution in [0.2, 0.25) is 5.15 Å². The van der Waals surface area contributed by atoms with Crippen molar-refractivity contribution in [2.45, 2.75) is 18.8 Å². The number of imidazole rings is 1. The minimum Gasteiger partial charge on any atom is -0.338 e. The van der Waals surface area contributed by atoms with Crippen LogP contribution in [0.1, 0.15) is 34.8 Å². The van der Waals surface area contributed by atoms with Crippen LogP contribution < -0.4 is 0 Å². The van der Waals surface area contributed by atoms with E-state index in [1.165, 1.54) is 0 Å². The van der Waals surface area contributed by atoms with Gasteiger partial charge in [0, 0.05) is 24.6 Å². The van der Waals surface area contributed by atoms with Crippen LogP contribution in [0.4, 0.5) is 0 Å². The van der Waals surface area contributed by atoms with Crippen LogP contribution in [-0.2, 0) is 0 Å². The van der Waals surface area contributed by atoms with Gasteiger partial charge in [-0.15, -0.1) is 0 Å². The molecule has 0 spiro atoms. The molecule has 0 N–H and O–H groups in total. The molecule has 1 fully saturated rings. The molecule has 1 aliphatic heterocycles. The molecule has 1 atom stereocenters. The Kier molecular flexibility index (Phi) is 3.94. The molecule has 3 heterocycles. The normalized spacial score (nSPS) is 18.0. The number of halogens is 1. The highest BCUT2D eigenvalue weighted by molar-refractivity contribution is 6.29. The molecular formula is C18H17ClN4O. The third-order valence-electron chi connectivity index (χ3n) is 4.45. The van der Waals surface area contributed by atoms with E-state index in [1.54, 1.807) is 10.6 Å². The van der Waals surface area contributed by atoms with Crippen LogP contribution >= 0.6 is 11.6 Å². The predicted molar refractivity (Wildman–Crippen MR) is 92.3 cm³/mol. The van der Waals surface area contributed by atoms with Gasteiger partial charge in [0.2, 0.25) is 0 Å². The first-order chi connectivity index (χ1) is 11.7. The molecule has 0 bridgehead atoms. The maximum Gasteiger partial charge on any atom is 0.253 e. The van der Waals surface area contributed by atoms with E-state index in [1.807, 2.05) is 47.5 Å². The SMILES string of the molecule is O=C(c1ccccc1)N1CCCC(c2cn3nc(Cl)ccc3n2)C1. The van der Waals surface area contributed by atoms with Gasteiger partial charge in [-0.3, -0.25) is 4.79 Å². The number of hydrogen-bond donors (Lipinski definition) is 0. The maximum absolute atomic E-state index is 12.7. The van der Waals surface area contributed by atoms with Crippen molar-refractivity contribution in [3.8, 4) is 0 Å². The summed E-state index contributed by atoms with van der Waals surface area (Å²) in [6.45, 7) is 1.48. The van der Waals surface area contributed by atoms with E-state index < -0.39 is 0 Å². The number of nitrogens with zero attached hydrogens (tertiary/aromatic N) is 4. The molecule has 0 saturated carbocycles. The van der Waals surface area contributed by atoms with Crippen molar-refractivity contribution < 1.29 is 4.79 Å². The second-order valence-corrected chi connectivity index (χ2v) is 6.47. The lowest BCUT2D eigenvalue weighted by molar-refractivity contribution is 0.0706. The summed E-state index contributed by atoms with van der Waals surface area (Å²) >= 11 is 5.93. The second kappa shape index (κ2) is 6.24. The molecule has 1 saturated heterocycles. The highest BCUT2D eigenvalue weighted by atomic mass is 35.5. The number of aromatic nitrogens is 3. The highest BCUT2D eigenvalue weighted by Crippen LogP contribution is 2.27. The fraction of sp³-hybridized carbons (Fsp3) is 0.278. The molecule has 4 rings (SSSR count). The van der Waals surface area contributed by atoms with E-state index in [4.69, 9.17) is 11.6 Å². The van der Waals surface area contributed by atoms with Gasteiger partial charge >= 0.3 is 0 Å². The minimum atomic E-state index is 0.0882. The smallest absolute Gasteiger partial charge is 0.253 e. The Balaban J connectivity index is 1.56. The Morgan fingerprint density at radius 3 is 2.83 bits per heavy atom. The molecule has 2 aromatic heterocycles. The van der Waals surface area contributed by atoms with Gasteiger partial charge in [0.15, 0.2) is 5.65 Å². The topological polar surface area (TPSA) is 50.5 Å². The van der Waals surface area contributed by atoms with Crippen molar-refractivity contribution in [2.75, 3.05) is 13.1 Å². The van der Waals surface area contributed by atoms with Crippen LogP contribution in [0.5, 0.6) is 0 Å². The Hall–Kier alpha value is -2.40. The first-order valence-corrected chi connectivity index (χ1v) is 8.44. The zero-order valence-corrected chi connectivity index (χ0v) is 13.9. The van der Waals surface area contributed by atoms with Gasteiger partial charge in [-0.05, 0) is 37.1 Å². The number of benzene rings is 1. The lowest BCUT2D eigenvalue weighted by Crippen LogP contribution is -2.39. The summed E-state index contributed by atoms with van der Waals surface area (Å²) in [6, 6.07) is 13.0. The molecule has 3 aromatic rings. The monoisotopic (exact) mass is 340 g/mol. The van der Waals surface area contributed by atoms with E-state index >= 15 is 0 Å². The largest absolute Gasteiger partial charge is 0.338 e. The first-order valence-electron chi connectivity index (χ1n) is 8.07. The Labute approximate surface area is 144 Å². The second-order valence-electron chi connectivity index (χ2n) is 6.08. The van der Waals surface area contributed by atoms with Gasteiger partial charge in [0.1, 0.15) is 5.15 Å². The van der Waals surface area contributed by atoms with Crippen molar-refractivity contribution in [1.82, 2.24) is 19.5 Å². The van der Waals surface area contributed by atoms with Gasteiger partial charge in [0.25, 0.3) is 5.91 Å². The van der Waals surface area contributed by atoms with E-state index in [-0.39, 0.29) is 11.8 Å². The summed E-state index contributed by atoms with van der Waals surface area (Å²) in [5, 5.41) is 4.67. The van der Waals surface area contributed by atoms with Crippen LogP contribution in [0.3, 0.4) is 0 Å². The maximum atomic E-state index is 12.7. The van der Waals surface area contributed by atoms with Crippen LogP contribution in [0.25, 0.3) is 5.65 Å². The van der Waals surface area contributed by atoms with Crippen molar-refractivity contribution in [3.63, 3.8) is 0 Å². The molecule has 1 amide bonds. The average Bonchev–Trinajstić information content (AvgIpc) is 3.05. The van der Waals surface area contributed by atoms with Crippen LogP contribution in [-0.4, -0.2) is 38.5 Å². The molecule has 122 valence electrons. The number of rotatable bonds is 2. The van der Waals surface area contributed by atoms with E-state index in [9.17, 15) is 4.79 Å². The number of hydrogen-bond acceptors (Lipinski definition) is 3. The molecule has 24 heavy (non-hydrogen) atoms. The predicted octanol–water partition coefficient (Wildman–Crippen LogP) is 3.40. The number of amides is 1. The zero-order valence-electron chi connectivity index (χ0n) is 13.1. The molecule has 1 aliphatic rings. The van der Waals surface area contributed by atoms with E-state index in [0.717, 1.165) is 36.3 Å². The summed E-state index contributed by atoms with van der Waals surface area (Å²) in [5.41, 5.74) is 2.48.